The molecule has 2 saturated heterocycles. The van der Waals surface area contributed by atoms with Crippen LogP contribution < -0.4 is 42.8 Å². The first-order chi connectivity index (χ1) is 62.8. The molecular formula is C104H97Cl2N7O15S. The highest BCUT2D eigenvalue weighted by Crippen LogP contribution is 2.56. The number of sulfonamides is 1. The van der Waals surface area contributed by atoms with Crippen LogP contribution in [-0.4, -0.2) is 141 Å². The van der Waals surface area contributed by atoms with E-state index in [4.69, 9.17) is 80.8 Å². The Morgan fingerprint density at radius 3 is 1.11 bits per heavy atom. The Morgan fingerprint density at radius 1 is 0.364 bits per heavy atom. The topological polar surface area (TPSA) is 247 Å². The van der Waals surface area contributed by atoms with Crippen molar-refractivity contribution in [1.82, 2.24) is 29.1 Å². The van der Waals surface area contributed by atoms with Crippen LogP contribution in [0.1, 0.15) is 121 Å². The molecule has 4 saturated carbocycles. The normalized spacial score (nSPS) is 17.3. The van der Waals surface area contributed by atoms with Gasteiger partial charge in [0, 0.05) is 109 Å². The Bertz CT molecular complexity index is 6380. The summed E-state index contributed by atoms with van der Waals surface area (Å²) < 4.78 is 76.1. The van der Waals surface area contributed by atoms with Gasteiger partial charge in [-0.05, 0) is 246 Å². The molecule has 4 aromatic heterocycles. The van der Waals surface area contributed by atoms with Crippen molar-refractivity contribution in [2.75, 3.05) is 85.6 Å². The molecule has 10 aliphatic rings. The standard InChI is InChI=1S/C28H28N2O3.C27H26N2O6S.C26H26N2O3.C23H17Cl2NO3/c31-27(28(13-14-28)21-9-12-25-26(17-21)33-19-32-25)18-22-5-4-6-24(29-22)20-7-10-23(11-8-20)30-15-2-1-3-16-30;30-26(27(10-11-27)20-6-9-24-25(16-20)35-18-34-24)17-21-2-1-3-23(28-21)19-4-7-22(8-5-19)36(31,32)29-12-14-33-15-13-29;1-28(2)16-18-6-3-4-8-21(18)22-9-5-7-20(27-22)15-25(29)26(12-13-26)19-10-11-23-24(14-19)31-17-30-23;24-17-6-4-14(10-18(17)25)19-3-1-2-16(26-19)12-22(27)23(8-9-23)15-5-7-20-21(11-15)29-13-28-20/h4-12,17H,1-3,13-16,18-19H2;1-9,16H,10-15,17-18H2;3-11,14H,12-13,15-17H2,1-2H3;1-7,10-11H,8-9,12-13H2. The first kappa shape index (κ1) is 86.1. The minimum atomic E-state index is -3.55. The number of rotatable bonds is 25. The smallest absolute Gasteiger partial charge is 0.243 e. The first-order valence-electron chi connectivity index (χ1n) is 44.1. The number of aromatic nitrogens is 4. The molecule has 0 bridgehead atoms. The summed E-state index contributed by atoms with van der Waals surface area (Å²) >= 11 is 12.1. The summed E-state index contributed by atoms with van der Waals surface area (Å²) in [7, 11) is 0.567. The van der Waals surface area contributed by atoms with Gasteiger partial charge in [0.05, 0.1) is 72.6 Å². The molecular weight excluding hydrogens is 1690 g/mol. The number of fused-ring (bicyclic) bond motifs is 4. The summed E-state index contributed by atoms with van der Waals surface area (Å²) in [6.45, 7) is 5.56. The van der Waals surface area contributed by atoms with Gasteiger partial charge in [-0.15, -0.1) is 0 Å². The number of benzene rings is 8. The minimum Gasteiger partial charge on any atom is -0.454 e. The van der Waals surface area contributed by atoms with Gasteiger partial charge in [0.1, 0.15) is 23.1 Å². The van der Waals surface area contributed by atoms with E-state index in [1.807, 2.05) is 158 Å². The number of carbonyl (C=O) groups is 4. The van der Waals surface area contributed by atoms with Gasteiger partial charge in [-0.1, -0.05) is 126 Å². The third kappa shape index (κ3) is 18.6. The van der Waals surface area contributed by atoms with Crippen LogP contribution >= 0.6 is 23.2 Å². The van der Waals surface area contributed by atoms with E-state index in [0.29, 0.717) is 77.8 Å². The molecule has 0 spiro atoms. The van der Waals surface area contributed by atoms with Crippen molar-refractivity contribution in [3.63, 3.8) is 0 Å². The third-order valence-electron chi connectivity index (χ3n) is 26.1. The van der Waals surface area contributed by atoms with Gasteiger partial charge in [-0.3, -0.25) is 39.1 Å². The van der Waals surface area contributed by atoms with Crippen LogP contribution in [0.25, 0.3) is 45.0 Å². The molecule has 129 heavy (non-hydrogen) atoms. The number of anilines is 1. The Morgan fingerprint density at radius 2 is 0.721 bits per heavy atom. The van der Waals surface area contributed by atoms with Crippen molar-refractivity contribution in [2.24, 2.45) is 0 Å². The van der Waals surface area contributed by atoms with Crippen LogP contribution in [0.15, 0.2) is 241 Å². The van der Waals surface area contributed by atoms with E-state index in [0.717, 1.165) is 178 Å². The number of piperidine rings is 1. The van der Waals surface area contributed by atoms with Crippen LogP contribution in [0.3, 0.4) is 0 Å². The maximum atomic E-state index is 13.4. The number of carbonyl (C=O) groups excluding carboxylic acids is 4. The van der Waals surface area contributed by atoms with E-state index < -0.39 is 31.7 Å². The van der Waals surface area contributed by atoms with Crippen molar-refractivity contribution in [3.05, 3.63) is 297 Å². The fourth-order valence-electron chi connectivity index (χ4n) is 18.1. The van der Waals surface area contributed by atoms with E-state index in [2.05, 4.69) is 71.3 Å². The summed E-state index contributed by atoms with van der Waals surface area (Å²) in [5.74, 6) is 6.56. The third-order valence-corrected chi connectivity index (χ3v) is 28.7. The van der Waals surface area contributed by atoms with Gasteiger partial charge in [-0.25, -0.2) is 8.42 Å². The van der Waals surface area contributed by atoms with Crippen molar-refractivity contribution in [3.8, 4) is 91.0 Å². The molecule has 25 heteroatoms. The highest BCUT2D eigenvalue weighted by molar-refractivity contribution is 7.89. The quantitative estimate of drug-likeness (QED) is 0.0516. The van der Waals surface area contributed by atoms with Gasteiger partial charge < -0.3 is 52.4 Å². The van der Waals surface area contributed by atoms with E-state index in [1.165, 1.54) is 34.8 Å². The molecule has 658 valence electrons. The zero-order valence-corrected chi connectivity index (χ0v) is 74.1. The van der Waals surface area contributed by atoms with Crippen molar-refractivity contribution in [2.45, 2.75) is 129 Å². The number of halogens is 2. The van der Waals surface area contributed by atoms with Gasteiger partial charge in [0.15, 0.2) is 46.0 Å². The molecule has 6 aliphatic heterocycles. The fraction of sp³-hybridized carbons (Fsp3) is 0.308. The second-order valence-electron chi connectivity index (χ2n) is 34.7. The molecule has 22 rings (SSSR count). The van der Waals surface area contributed by atoms with Crippen molar-refractivity contribution >= 4 is 62.0 Å². The Balaban J connectivity index is 0.000000112. The van der Waals surface area contributed by atoms with Crippen LogP contribution in [0.4, 0.5) is 5.69 Å². The summed E-state index contributed by atoms with van der Waals surface area (Å²) in [6, 6.07) is 75.7. The number of pyridine rings is 4. The van der Waals surface area contributed by atoms with Crippen molar-refractivity contribution < 1.29 is 70.2 Å². The average molecular weight is 1790 g/mol. The summed E-state index contributed by atoms with van der Waals surface area (Å²) in [5, 5.41) is 0.980. The SMILES string of the molecule is CN(C)Cc1ccccc1-c1cccc(CC(=O)C2(c3ccc4c(c3)OCO4)CC2)n1.O=C(Cc1cccc(-c2ccc(Cl)c(Cl)c2)n1)C1(c2ccc3c(c2)OCO3)CC1.O=C(Cc1cccc(-c2ccc(N3CCCCC3)cc2)n1)C1(c2ccc3c(c2)OCO3)CC1.O=C(Cc1cccc(-c2ccc(S(=O)(=O)N3CCOCC3)cc2)n1)C1(c2ccc3c(c2)OCO3)CC1. The highest BCUT2D eigenvalue weighted by Gasteiger charge is 2.54. The summed E-state index contributed by atoms with van der Waals surface area (Å²) in [4.78, 5) is 77.2. The van der Waals surface area contributed by atoms with Crippen LogP contribution in [0.5, 0.6) is 46.0 Å². The molecule has 22 nitrogen and oxygen atoms in total. The molecule has 0 amide bonds. The lowest BCUT2D eigenvalue weighted by atomic mass is 9.88. The molecule has 12 aromatic rings. The summed E-state index contributed by atoms with van der Waals surface area (Å²) in [5.41, 5.74) is 15.0. The van der Waals surface area contributed by atoms with Gasteiger partial charge in [0.25, 0.3) is 0 Å². The zero-order valence-electron chi connectivity index (χ0n) is 71.8. The number of Topliss-reactive ketones (excluding diaryl/α,β-unsaturated/α-hetero) is 4. The highest BCUT2D eigenvalue weighted by atomic mass is 35.5. The molecule has 0 atom stereocenters. The predicted octanol–water partition coefficient (Wildman–Crippen LogP) is 18.7. The number of hydrogen-bond donors (Lipinski definition) is 0. The van der Waals surface area contributed by atoms with E-state index >= 15 is 0 Å². The van der Waals surface area contributed by atoms with Crippen LogP contribution in [0, 0.1) is 0 Å². The maximum absolute atomic E-state index is 13.4. The lowest BCUT2D eigenvalue weighted by Gasteiger charge is -2.28. The molecule has 6 fully saturated rings. The minimum absolute atomic E-state index is 0.137. The van der Waals surface area contributed by atoms with Gasteiger partial charge in [0.2, 0.25) is 37.2 Å². The number of hydrogen-bond acceptors (Lipinski definition) is 21. The lowest BCUT2D eigenvalue weighted by Crippen LogP contribution is -2.40. The number of nitrogens with zero attached hydrogens (tertiary/aromatic N) is 7. The Kier molecular flexibility index (Phi) is 24.5. The Hall–Kier alpha value is -12.4. The first-order valence-corrected chi connectivity index (χ1v) is 46.3. The second kappa shape index (κ2) is 36.7. The zero-order chi connectivity index (χ0) is 88.4. The molecule has 0 radical (unpaired) electrons. The predicted molar refractivity (Wildman–Crippen MR) is 490 cm³/mol. The van der Waals surface area contributed by atoms with Crippen LogP contribution in [-0.2, 0) is 87.8 Å². The van der Waals surface area contributed by atoms with E-state index in [9.17, 15) is 27.6 Å². The van der Waals surface area contributed by atoms with Crippen molar-refractivity contribution in [1.29, 1.82) is 0 Å². The van der Waals surface area contributed by atoms with E-state index in [1.54, 1.807) is 36.4 Å². The largest absolute Gasteiger partial charge is 0.454 e. The second-order valence-corrected chi connectivity index (χ2v) is 37.5. The maximum Gasteiger partial charge on any atom is 0.243 e. The molecule has 4 aliphatic carbocycles. The number of morpholine rings is 1. The Labute approximate surface area is 759 Å². The molecule has 8 aromatic carbocycles. The van der Waals surface area contributed by atoms with Gasteiger partial charge >= 0.3 is 0 Å². The number of ketones is 4. The number of ether oxygens (including phenoxy) is 9. The molecule has 0 N–H and O–H groups in total. The fourth-order valence-corrected chi connectivity index (χ4v) is 19.8. The van der Waals surface area contributed by atoms with E-state index in [-0.39, 0.29) is 68.0 Å². The lowest BCUT2D eigenvalue weighted by molar-refractivity contribution is -0.121. The van der Waals surface area contributed by atoms with Crippen LogP contribution in [0.2, 0.25) is 10.0 Å². The summed E-state index contributed by atoms with van der Waals surface area (Å²) in [6.07, 6.45) is 11.9. The average Bonchev–Trinajstić information content (AvgIpc) is 1.60. The molecule has 0 unspecified atom stereocenters. The molecule has 10 heterocycles. The monoisotopic (exact) mass is 1790 g/mol. The van der Waals surface area contributed by atoms with Gasteiger partial charge in [-0.2, -0.15) is 4.31 Å².